The van der Waals surface area contributed by atoms with E-state index >= 15 is 0 Å². The second-order valence-electron chi connectivity index (χ2n) is 6.41. The minimum Gasteiger partial charge on any atom is -0.368 e. The maximum atomic E-state index is 12.2. The van der Waals surface area contributed by atoms with Gasteiger partial charge in [-0.2, -0.15) is 0 Å². The van der Waals surface area contributed by atoms with Crippen LogP contribution in [0.4, 0.5) is 0 Å². The van der Waals surface area contributed by atoms with Crippen molar-refractivity contribution in [1.29, 1.82) is 0 Å². The molecule has 4 aromatic rings. The normalized spacial score (nSPS) is 12.2. The molecule has 6 heteroatoms. The van der Waals surface area contributed by atoms with Crippen LogP contribution >= 0.6 is 23.4 Å². The fraction of sp³-hybridized carbons (Fsp3) is 0.0909. The second-order valence-corrected chi connectivity index (χ2v) is 7.92. The zero-order valence-corrected chi connectivity index (χ0v) is 16.5. The highest BCUT2D eigenvalue weighted by atomic mass is 35.5. The van der Waals surface area contributed by atoms with Crippen molar-refractivity contribution in [2.75, 3.05) is 0 Å². The van der Waals surface area contributed by atoms with Gasteiger partial charge in [-0.15, -0.1) is 0 Å². The lowest BCUT2D eigenvalue weighted by Crippen LogP contribution is -2.19. The molecule has 4 rings (SSSR count). The summed E-state index contributed by atoms with van der Waals surface area (Å²) in [6.07, 6.45) is 0. The number of carbonyl (C=O) groups is 1. The Balaban J connectivity index is 1.78. The first-order valence-electron chi connectivity index (χ1n) is 8.82. The van der Waals surface area contributed by atoms with Gasteiger partial charge < -0.3 is 10.3 Å². The van der Waals surface area contributed by atoms with Gasteiger partial charge in [-0.1, -0.05) is 84.0 Å². The fourth-order valence-electron chi connectivity index (χ4n) is 3.11. The smallest absolute Gasteiger partial charge is 0.235 e. The third kappa shape index (κ3) is 3.91. The topological polar surface area (TPSA) is 60.9 Å². The van der Waals surface area contributed by atoms with Crippen LogP contribution in [0, 0.1) is 0 Å². The van der Waals surface area contributed by atoms with Crippen LogP contribution in [0.15, 0.2) is 84.0 Å². The van der Waals surface area contributed by atoms with Crippen LogP contribution in [0.25, 0.3) is 11.0 Å². The number of carbonyl (C=O) groups excluding carboxylic acids is 1. The van der Waals surface area contributed by atoms with E-state index < -0.39 is 11.2 Å². The lowest BCUT2D eigenvalue weighted by atomic mass is 10.1. The van der Waals surface area contributed by atoms with Crippen molar-refractivity contribution in [1.82, 2.24) is 9.55 Å². The molecular formula is C22H18ClN3OS. The number of imidazole rings is 1. The monoisotopic (exact) mass is 407 g/mol. The Bertz CT molecular complexity index is 1110. The molecule has 0 spiro atoms. The van der Waals surface area contributed by atoms with Crippen molar-refractivity contribution in [3.05, 3.63) is 95.0 Å². The molecule has 1 atom stereocenters. The van der Waals surface area contributed by atoms with E-state index in [0.717, 1.165) is 27.3 Å². The number of benzene rings is 3. The second kappa shape index (κ2) is 8.09. The summed E-state index contributed by atoms with van der Waals surface area (Å²) >= 11 is 7.52. The SMILES string of the molecule is NC(=O)[C@@H](Sc1nc2cc(Cl)ccc2n1Cc1ccccc1)c1ccccc1. The highest BCUT2D eigenvalue weighted by Gasteiger charge is 2.23. The quantitative estimate of drug-likeness (QED) is 0.454. The Hall–Kier alpha value is -2.76. The molecule has 28 heavy (non-hydrogen) atoms. The molecule has 0 aliphatic heterocycles. The van der Waals surface area contributed by atoms with Gasteiger partial charge in [0.05, 0.1) is 17.6 Å². The molecule has 1 heterocycles. The molecule has 0 aliphatic rings. The summed E-state index contributed by atoms with van der Waals surface area (Å²) in [5.74, 6) is -0.396. The molecule has 1 amide bonds. The number of hydrogen-bond acceptors (Lipinski definition) is 3. The van der Waals surface area contributed by atoms with E-state index in [-0.39, 0.29) is 0 Å². The van der Waals surface area contributed by atoms with Gasteiger partial charge >= 0.3 is 0 Å². The molecule has 0 unspecified atom stereocenters. The zero-order valence-electron chi connectivity index (χ0n) is 15.0. The van der Waals surface area contributed by atoms with Gasteiger partial charge in [-0.3, -0.25) is 4.79 Å². The Morgan fingerprint density at radius 2 is 1.71 bits per heavy atom. The molecule has 0 radical (unpaired) electrons. The van der Waals surface area contributed by atoms with Gasteiger partial charge in [0.15, 0.2) is 5.16 Å². The fourth-order valence-corrected chi connectivity index (χ4v) is 4.34. The number of nitrogens with two attached hydrogens (primary N) is 1. The summed E-state index contributed by atoms with van der Waals surface area (Å²) in [5.41, 5.74) is 9.48. The number of primary amides is 1. The van der Waals surface area contributed by atoms with Crippen molar-refractivity contribution in [2.24, 2.45) is 5.73 Å². The minimum absolute atomic E-state index is 0.396. The van der Waals surface area contributed by atoms with Crippen molar-refractivity contribution in [3.63, 3.8) is 0 Å². The van der Waals surface area contributed by atoms with Crippen LogP contribution in [-0.4, -0.2) is 15.5 Å². The highest BCUT2D eigenvalue weighted by molar-refractivity contribution is 8.00. The van der Waals surface area contributed by atoms with E-state index in [1.807, 2.05) is 66.7 Å². The van der Waals surface area contributed by atoms with Gasteiger partial charge in [0, 0.05) is 5.02 Å². The number of hydrogen-bond donors (Lipinski definition) is 1. The van der Waals surface area contributed by atoms with E-state index in [1.54, 1.807) is 0 Å². The van der Waals surface area contributed by atoms with Crippen molar-refractivity contribution in [2.45, 2.75) is 17.0 Å². The van der Waals surface area contributed by atoms with Crippen molar-refractivity contribution in [3.8, 4) is 0 Å². The third-order valence-corrected chi connectivity index (χ3v) is 5.94. The summed E-state index contributed by atoms with van der Waals surface area (Å²) in [6.45, 7) is 0.640. The summed E-state index contributed by atoms with van der Waals surface area (Å²) in [4.78, 5) is 16.9. The molecular weight excluding hydrogens is 390 g/mol. The first kappa shape index (κ1) is 18.6. The van der Waals surface area contributed by atoms with Crippen molar-refractivity contribution < 1.29 is 4.79 Å². The van der Waals surface area contributed by atoms with Gasteiger partial charge in [0.2, 0.25) is 5.91 Å². The van der Waals surface area contributed by atoms with Gasteiger partial charge in [0.1, 0.15) is 5.25 Å². The van der Waals surface area contributed by atoms with Crippen LogP contribution in [0.3, 0.4) is 0 Å². The maximum absolute atomic E-state index is 12.2. The summed E-state index contributed by atoms with van der Waals surface area (Å²) in [6, 6.07) is 25.3. The molecule has 4 nitrogen and oxygen atoms in total. The van der Waals surface area contributed by atoms with Crippen LogP contribution < -0.4 is 5.73 Å². The van der Waals surface area contributed by atoms with E-state index in [4.69, 9.17) is 22.3 Å². The third-order valence-electron chi connectivity index (χ3n) is 4.44. The molecule has 0 saturated heterocycles. The Morgan fingerprint density at radius 3 is 2.39 bits per heavy atom. The lowest BCUT2D eigenvalue weighted by Gasteiger charge is -2.15. The minimum atomic E-state index is -0.525. The Labute approximate surface area is 172 Å². The first-order valence-corrected chi connectivity index (χ1v) is 10.1. The van der Waals surface area contributed by atoms with Crippen LogP contribution in [0.2, 0.25) is 5.02 Å². The van der Waals surface area contributed by atoms with Gasteiger partial charge in [-0.25, -0.2) is 4.98 Å². The Kier molecular flexibility index (Phi) is 5.37. The molecule has 0 fully saturated rings. The highest BCUT2D eigenvalue weighted by Crippen LogP contribution is 2.37. The maximum Gasteiger partial charge on any atom is 0.235 e. The molecule has 1 aromatic heterocycles. The molecule has 3 aromatic carbocycles. The number of halogens is 1. The zero-order chi connectivity index (χ0) is 19.5. The number of rotatable bonds is 6. The van der Waals surface area contributed by atoms with Crippen LogP contribution in [-0.2, 0) is 11.3 Å². The van der Waals surface area contributed by atoms with Gasteiger partial charge in [0.25, 0.3) is 0 Å². The van der Waals surface area contributed by atoms with E-state index in [9.17, 15) is 4.79 Å². The lowest BCUT2D eigenvalue weighted by molar-refractivity contribution is -0.117. The first-order chi connectivity index (χ1) is 13.6. The number of aromatic nitrogens is 2. The average Bonchev–Trinajstić information content (AvgIpc) is 3.03. The number of thioether (sulfide) groups is 1. The van der Waals surface area contributed by atoms with Crippen molar-refractivity contribution >= 4 is 40.3 Å². The van der Waals surface area contributed by atoms with Crippen LogP contribution in [0.5, 0.6) is 0 Å². The molecule has 0 bridgehead atoms. The van der Waals surface area contributed by atoms with E-state index in [0.29, 0.717) is 11.6 Å². The molecule has 0 saturated carbocycles. The predicted octanol–water partition coefficient (Wildman–Crippen LogP) is 5.06. The Morgan fingerprint density at radius 1 is 1.04 bits per heavy atom. The number of nitrogens with zero attached hydrogens (tertiary/aromatic N) is 2. The summed E-state index contributed by atoms with van der Waals surface area (Å²) in [7, 11) is 0. The number of amides is 1. The van der Waals surface area contributed by atoms with Gasteiger partial charge in [-0.05, 0) is 29.3 Å². The largest absolute Gasteiger partial charge is 0.368 e. The standard InChI is InChI=1S/C22H18ClN3OS/c23-17-11-12-19-18(13-17)25-22(26(19)14-15-7-3-1-4-8-15)28-20(21(24)27)16-9-5-2-6-10-16/h1-13,20H,14H2,(H2,24,27)/t20-/m0/s1. The average molecular weight is 408 g/mol. The molecule has 140 valence electrons. The summed E-state index contributed by atoms with van der Waals surface area (Å²) in [5, 5.41) is 0.833. The predicted molar refractivity (Wildman–Crippen MR) is 115 cm³/mol. The van der Waals surface area contributed by atoms with E-state index in [2.05, 4.69) is 16.7 Å². The molecule has 0 aliphatic carbocycles. The summed E-state index contributed by atoms with van der Waals surface area (Å²) < 4.78 is 2.10. The van der Waals surface area contributed by atoms with Crippen LogP contribution in [0.1, 0.15) is 16.4 Å². The number of fused-ring (bicyclic) bond motifs is 1. The van der Waals surface area contributed by atoms with E-state index in [1.165, 1.54) is 11.8 Å². The molecule has 2 N–H and O–H groups in total.